The average molecular weight is 568 g/mol. The molecule has 9 heteroatoms. The van der Waals surface area contributed by atoms with Crippen LogP contribution in [0, 0.1) is 0 Å². The summed E-state index contributed by atoms with van der Waals surface area (Å²) in [6.07, 6.45) is 3.26. The van der Waals surface area contributed by atoms with Crippen molar-refractivity contribution in [3.05, 3.63) is 107 Å². The lowest BCUT2D eigenvalue weighted by Crippen LogP contribution is -2.32. The molecule has 7 rings (SSSR count). The lowest BCUT2D eigenvalue weighted by molar-refractivity contribution is -0.0715. The van der Waals surface area contributed by atoms with E-state index in [0.717, 1.165) is 46.6 Å². The van der Waals surface area contributed by atoms with Gasteiger partial charge in [0.15, 0.2) is 11.5 Å². The topological polar surface area (TPSA) is 95.7 Å². The average Bonchev–Trinajstić information content (AvgIpc) is 3.47. The summed E-state index contributed by atoms with van der Waals surface area (Å²) in [6.45, 7) is 3.24. The van der Waals surface area contributed by atoms with Crippen LogP contribution in [0.2, 0.25) is 5.02 Å². The van der Waals surface area contributed by atoms with Crippen molar-refractivity contribution in [2.24, 2.45) is 0 Å². The van der Waals surface area contributed by atoms with Gasteiger partial charge in [0.1, 0.15) is 11.5 Å². The Bertz CT molecular complexity index is 1780. The van der Waals surface area contributed by atoms with Crippen LogP contribution < -0.4 is 9.47 Å². The summed E-state index contributed by atoms with van der Waals surface area (Å²) >= 11 is 6.02. The highest BCUT2D eigenvalue weighted by atomic mass is 35.5. The zero-order valence-corrected chi connectivity index (χ0v) is 23.0. The first-order chi connectivity index (χ1) is 19.9. The molecule has 206 valence electrons. The molecule has 0 aliphatic carbocycles. The normalized spacial score (nSPS) is 19.3. The molecule has 0 radical (unpaired) electrons. The number of pyridine rings is 1. The minimum atomic E-state index is -1.06. The van der Waals surface area contributed by atoms with Gasteiger partial charge in [-0.25, -0.2) is 9.78 Å². The molecular formula is C32H26ClN3O5. The van der Waals surface area contributed by atoms with Crippen molar-refractivity contribution in [2.75, 3.05) is 6.61 Å². The Labute approximate surface area is 241 Å². The first-order valence-corrected chi connectivity index (χ1v) is 13.8. The third-order valence-electron chi connectivity index (χ3n) is 7.65. The van der Waals surface area contributed by atoms with Crippen molar-refractivity contribution < 1.29 is 24.1 Å². The molecule has 4 heterocycles. The summed E-state index contributed by atoms with van der Waals surface area (Å²) < 4.78 is 20.4. The standard InChI is InChI=1S/C32H26ClN3O5/c1-32(28-12-10-22(33)17-34-28)40-27-4-2-3-24(30(27)41-32)20-7-5-19(6-8-20)15-29-35-25-11-9-21(31(37)38)16-26(25)36(29)18-23-13-14-39-23/h2-12,16-17,23H,13-15,18H2,1H3,(H,37,38)/t23-,32?/m0/s1. The van der Waals surface area contributed by atoms with Gasteiger partial charge in [0.2, 0.25) is 0 Å². The minimum Gasteiger partial charge on any atom is -0.478 e. The third kappa shape index (κ3) is 4.69. The molecule has 1 unspecified atom stereocenters. The number of carbonyl (C=O) groups is 1. The number of hydrogen-bond acceptors (Lipinski definition) is 6. The first-order valence-electron chi connectivity index (χ1n) is 13.4. The maximum atomic E-state index is 11.6. The van der Waals surface area contributed by atoms with E-state index < -0.39 is 11.8 Å². The summed E-state index contributed by atoms with van der Waals surface area (Å²) in [5.41, 5.74) is 5.45. The molecular weight excluding hydrogens is 542 g/mol. The number of fused-ring (bicyclic) bond motifs is 2. The zero-order valence-electron chi connectivity index (χ0n) is 22.2. The van der Waals surface area contributed by atoms with E-state index in [1.54, 1.807) is 36.5 Å². The van der Waals surface area contributed by atoms with Gasteiger partial charge in [0, 0.05) is 31.7 Å². The Hall–Kier alpha value is -4.40. The van der Waals surface area contributed by atoms with Crippen LogP contribution in [0.15, 0.2) is 79.0 Å². The molecule has 2 aliphatic heterocycles. The molecule has 8 nitrogen and oxygen atoms in total. The van der Waals surface area contributed by atoms with Crippen LogP contribution in [-0.2, 0) is 23.5 Å². The summed E-state index contributed by atoms with van der Waals surface area (Å²) in [5, 5.41) is 10.1. The molecule has 5 aromatic rings. The number of ether oxygens (including phenoxy) is 3. The summed E-state index contributed by atoms with van der Waals surface area (Å²) in [6, 6.07) is 22.8. The fourth-order valence-corrected chi connectivity index (χ4v) is 5.48. The Kier molecular flexibility index (Phi) is 6.17. The fraction of sp³-hybridized carbons (Fsp3) is 0.219. The predicted octanol–water partition coefficient (Wildman–Crippen LogP) is 6.47. The second-order valence-corrected chi connectivity index (χ2v) is 10.9. The number of imidazole rings is 1. The summed E-state index contributed by atoms with van der Waals surface area (Å²) in [7, 11) is 0. The van der Waals surface area contributed by atoms with Crippen LogP contribution in [-0.4, -0.2) is 38.3 Å². The Morgan fingerprint density at radius 1 is 1.10 bits per heavy atom. The molecule has 41 heavy (non-hydrogen) atoms. The quantitative estimate of drug-likeness (QED) is 0.241. The highest BCUT2D eigenvalue weighted by molar-refractivity contribution is 6.30. The molecule has 3 aromatic carbocycles. The summed E-state index contributed by atoms with van der Waals surface area (Å²) in [5.74, 6) is 0.166. The van der Waals surface area contributed by atoms with Crippen LogP contribution in [0.5, 0.6) is 11.5 Å². The van der Waals surface area contributed by atoms with Crippen molar-refractivity contribution in [3.8, 4) is 22.6 Å². The molecule has 0 saturated carbocycles. The smallest absolute Gasteiger partial charge is 0.335 e. The number of nitrogens with zero attached hydrogens (tertiary/aromatic N) is 3. The van der Waals surface area contributed by atoms with Crippen LogP contribution >= 0.6 is 11.6 Å². The van der Waals surface area contributed by atoms with Gasteiger partial charge in [0.25, 0.3) is 5.79 Å². The van der Waals surface area contributed by atoms with Gasteiger partial charge >= 0.3 is 5.97 Å². The van der Waals surface area contributed by atoms with E-state index in [-0.39, 0.29) is 11.7 Å². The predicted molar refractivity (Wildman–Crippen MR) is 154 cm³/mol. The van der Waals surface area contributed by atoms with Gasteiger partial charge in [-0.2, -0.15) is 0 Å². The number of carboxylic acids is 1. The van der Waals surface area contributed by atoms with E-state index in [0.29, 0.717) is 35.2 Å². The highest BCUT2D eigenvalue weighted by Gasteiger charge is 2.41. The Morgan fingerprint density at radius 3 is 2.63 bits per heavy atom. The number of rotatable bonds is 7. The second kappa shape index (κ2) is 9.90. The Morgan fingerprint density at radius 2 is 1.93 bits per heavy atom. The van der Waals surface area contributed by atoms with Gasteiger partial charge in [-0.05, 0) is 53.9 Å². The molecule has 1 saturated heterocycles. The van der Waals surface area contributed by atoms with Crippen LogP contribution in [0.4, 0.5) is 0 Å². The van der Waals surface area contributed by atoms with Gasteiger partial charge in [-0.15, -0.1) is 0 Å². The lowest BCUT2D eigenvalue weighted by Gasteiger charge is -2.27. The van der Waals surface area contributed by atoms with Crippen molar-refractivity contribution in [1.29, 1.82) is 0 Å². The first kappa shape index (κ1) is 25.6. The van der Waals surface area contributed by atoms with Crippen LogP contribution in [0.1, 0.15) is 40.8 Å². The van der Waals surface area contributed by atoms with E-state index in [2.05, 4.69) is 33.8 Å². The molecule has 2 atom stereocenters. The van der Waals surface area contributed by atoms with Gasteiger partial charge in [-0.1, -0.05) is 48.0 Å². The van der Waals surface area contributed by atoms with Gasteiger partial charge < -0.3 is 23.9 Å². The number of carboxylic acid groups (broad SMARTS) is 1. The van der Waals surface area contributed by atoms with Crippen LogP contribution in [0.25, 0.3) is 22.2 Å². The molecule has 0 bridgehead atoms. The molecule has 1 fully saturated rings. The van der Waals surface area contributed by atoms with Crippen molar-refractivity contribution >= 4 is 28.6 Å². The van der Waals surface area contributed by atoms with E-state index >= 15 is 0 Å². The Balaban J connectivity index is 1.17. The maximum Gasteiger partial charge on any atom is 0.335 e. The SMILES string of the molecule is CC1(c2ccc(Cl)cn2)Oc2cccc(-c3ccc(Cc4nc5ccc(C(=O)O)cc5n4C[C@@H]4CCO4)cc3)c2O1. The van der Waals surface area contributed by atoms with Crippen molar-refractivity contribution in [3.63, 3.8) is 0 Å². The minimum absolute atomic E-state index is 0.109. The molecule has 0 amide bonds. The highest BCUT2D eigenvalue weighted by Crippen LogP contribution is 2.48. The molecule has 0 spiro atoms. The second-order valence-electron chi connectivity index (χ2n) is 10.4. The third-order valence-corrected chi connectivity index (χ3v) is 7.88. The van der Waals surface area contributed by atoms with E-state index in [1.165, 1.54) is 0 Å². The van der Waals surface area contributed by atoms with Gasteiger partial charge in [-0.3, -0.25) is 4.98 Å². The number of aromatic nitrogens is 3. The number of halogens is 1. The number of benzene rings is 3. The zero-order chi connectivity index (χ0) is 28.1. The fourth-order valence-electron chi connectivity index (χ4n) is 5.36. The van der Waals surface area contributed by atoms with E-state index in [9.17, 15) is 9.90 Å². The number of hydrogen-bond donors (Lipinski definition) is 1. The number of para-hydroxylation sites is 1. The van der Waals surface area contributed by atoms with Crippen LogP contribution in [0.3, 0.4) is 0 Å². The molecule has 1 N–H and O–H groups in total. The van der Waals surface area contributed by atoms with E-state index in [1.807, 2.05) is 25.1 Å². The van der Waals surface area contributed by atoms with Crippen molar-refractivity contribution in [2.45, 2.75) is 38.2 Å². The van der Waals surface area contributed by atoms with E-state index in [4.69, 9.17) is 30.8 Å². The number of aromatic carboxylic acids is 1. The largest absolute Gasteiger partial charge is 0.478 e. The van der Waals surface area contributed by atoms with Gasteiger partial charge in [0.05, 0.1) is 34.3 Å². The van der Waals surface area contributed by atoms with Crippen molar-refractivity contribution in [1.82, 2.24) is 14.5 Å². The molecule has 2 aliphatic rings. The lowest BCUT2D eigenvalue weighted by atomic mass is 10.0. The maximum absolute atomic E-state index is 11.6. The summed E-state index contributed by atoms with van der Waals surface area (Å²) in [4.78, 5) is 20.9. The molecule has 2 aromatic heterocycles. The monoisotopic (exact) mass is 567 g/mol.